The van der Waals surface area contributed by atoms with Gasteiger partial charge in [0, 0.05) is 16.9 Å². The van der Waals surface area contributed by atoms with E-state index < -0.39 is 0 Å². The van der Waals surface area contributed by atoms with Crippen LogP contribution in [0.3, 0.4) is 0 Å². The third kappa shape index (κ3) is 2.39. The molecule has 0 fully saturated rings. The van der Waals surface area contributed by atoms with Crippen molar-refractivity contribution in [1.82, 2.24) is 4.57 Å². The highest BCUT2D eigenvalue weighted by atomic mass is 16.1. The van der Waals surface area contributed by atoms with Crippen LogP contribution in [0, 0.1) is 11.8 Å². The first-order valence-electron chi connectivity index (χ1n) is 8.96. The predicted molar refractivity (Wildman–Crippen MR) is 104 cm³/mol. The van der Waals surface area contributed by atoms with E-state index in [9.17, 15) is 4.79 Å². The molecular weight excluding hydrogens is 306 g/mol. The molecule has 0 spiro atoms. The van der Waals surface area contributed by atoms with Crippen molar-refractivity contribution in [2.75, 3.05) is 0 Å². The summed E-state index contributed by atoms with van der Waals surface area (Å²) in [5, 5.41) is 1.96. The molecule has 1 aliphatic rings. The van der Waals surface area contributed by atoms with E-state index in [4.69, 9.17) is 0 Å². The van der Waals surface area contributed by atoms with Gasteiger partial charge in [-0.2, -0.15) is 0 Å². The maximum Gasteiger partial charge on any atom is 0.264 e. The van der Waals surface area contributed by atoms with Crippen molar-refractivity contribution >= 4 is 10.8 Å². The molecule has 0 atom stereocenters. The molecule has 0 aliphatic heterocycles. The molecule has 2 heteroatoms. The number of benzene rings is 2. The Balaban J connectivity index is 2.24. The maximum absolute atomic E-state index is 13.5. The second kappa shape index (κ2) is 6.26. The molecule has 1 heterocycles. The van der Waals surface area contributed by atoms with Crippen molar-refractivity contribution in [2.45, 2.75) is 39.5 Å². The van der Waals surface area contributed by atoms with Crippen LogP contribution >= 0.6 is 0 Å². The fourth-order valence-corrected chi connectivity index (χ4v) is 4.12. The van der Waals surface area contributed by atoms with Crippen LogP contribution in [0.25, 0.3) is 16.5 Å². The van der Waals surface area contributed by atoms with Gasteiger partial charge in [0.15, 0.2) is 0 Å². The van der Waals surface area contributed by atoms with Crippen molar-refractivity contribution in [2.24, 2.45) is 0 Å². The third-order valence-electron chi connectivity index (χ3n) is 5.11. The summed E-state index contributed by atoms with van der Waals surface area (Å²) < 4.78 is 1.91. The molecule has 1 aromatic heterocycles. The molecule has 0 unspecified atom stereocenters. The molecule has 0 radical (unpaired) electrons. The second-order valence-electron chi connectivity index (χ2n) is 6.51. The van der Waals surface area contributed by atoms with Crippen LogP contribution in [0.4, 0.5) is 0 Å². The van der Waals surface area contributed by atoms with Gasteiger partial charge in [-0.25, -0.2) is 0 Å². The maximum atomic E-state index is 13.5. The number of rotatable bonds is 2. The minimum Gasteiger partial charge on any atom is -0.280 e. The van der Waals surface area contributed by atoms with Gasteiger partial charge in [-0.05, 0) is 67.3 Å². The summed E-state index contributed by atoms with van der Waals surface area (Å²) in [6.45, 7) is 3.96. The molecule has 1 aliphatic carbocycles. The summed E-state index contributed by atoms with van der Waals surface area (Å²) in [7, 11) is 0. The zero-order valence-electron chi connectivity index (χ0n) is 14.7. The first kappa shape index (κ1) is 15.7. The number of aromatic nitrogens is 1. The smallest absolute Gasteiger partial charge is 0.264 e. The average molecular weight is 327 g/mol. The Morgan fingerprint density at radius 3 is 2.56 bits per heavy atom. The Hall–Kier alpha value is -2.79. The first-order chi connectivity index (χ1) is 12.3. The monoisotopic (exact) mass is 327 g/mol. The summed E-state index contributed by atoms with van der Waals surface area (Å²) >= 11 is 0. The van der Waals surface area contributed by atoms with Crippen LogP contribution < -0.4 is 5.56 Å². The highest BCUT2D eigenvalue weighted by molar-refractivity contribution is 5.94. The van der Waals surface area contributed by atoms with Gasteiger partial charge in [-0.15, -0.1) is 5.92 Å². The van der Waals surface area contributed by atoms with E-state index in [0.29, 0.717) is 0 Å². The predicted octanol–water partition coefficient (Wildman–Crippen LogP) is 4.41. The quantitative estimate of drug-likeness (QED) is 0.639. The second-order valence-corrected chi connectivity index (χ2v) is 6.51. The molecule has 124 valence electrons. The van der Waals surface area contributed by atoms with E-state index in [0.717, 1.165) is 48.0 Å². The summed E-state index contributed by atoms with van der Waals surface area (Å²) in [5.74, 6) is 6.11. The number of aryl methyl sites for hydroxylation is 2. The van der Waals surface area contributed by atoms with Gasteiger partial charge in [0.25, 0.3) is 5.56 Å². The lowest BCUT2D eigenvalue weighted by atomic mass is 9.85. The van der Waals surface area contributed by atoms with E-state index in [1.807, 2.05) is 47.9 Å². The molecule has 2 aromatic carbocycles. The molecule has 0 N–H and O–H groups in total. The first-order valence-corrected chi connectivity index (χ1v) is 8.96. The zero-order valence-corrected chi connectivity index (χ0v) is 14.7. The van der Waals surface area contributed by atoms with Gasteiger partial charge in [0.1, 0.15) is 0 Å². The van der Waals surface area contributed by atoms with Gasteiger partial charge in [0.2, 0.25) is 0 Å². The Kier molecular flexibility index (Phi) is 3.93. The van der Waals surface area contributed by atoms with E-state index in [2.05, 4.69) is 24.8 Å². The third-order valence-corrected chi connectivity index (χ3v) is 5.11. The van der Waals surface area contributed by atoms with Crippen molar-refractivity contribution < 1.29 is 0 Å². The average Bonchev–Trinajstić information content (AvgIpc) is 2.66. The van der Waals surface area contributed by atoms with Crippen molar-refractivity contribution in [3.63, 3.8) is 0 Å². The fourth-order valence-electron chi connectivity index (χ4n) is 4.12. The highest BCUT2D eigenvalue weighted by Crippen LogP contribution is 2.33. The molecule has 0 amide bonds. The fraction of sp³-hybridized carbons (Fsp3) is 0.261. The molecular formula is C23H21NO. The standard InChI is InChI=1S/C23H21NO/c1-3-9-16-14-15-17-10-8-13-19-20(4-2)24(18-11-6-5-7-12-18)23(25)22(16)21(17)19/h5-7,11-12,14-15H,4,8,10,13H2,1-2H3. The van der Waals surface area contributed by atoms with Crippen molar-refractivity contribution in [3.05, 3.63) is 75.2 Å². The van der Waals surface area contributed by atoms with E-state index in [-0.39, 0.29) is 5.56 Å². The molecule has 0 saturated heterocycles. The molecule has 0 bridgehead atoms. The van der Waals surface area contributed by atoms with Crippen molar-refractivity contribution in [3.8, 4) is 17.5 Å². The van der Waals surface area contributed by atoms with Crippen molar-refractivity contribution in [1.29, 1.82) is 0 Å². The number of nitrogens with zero attached hydrogens (tertiary/aromatic N) is 1. The lowest BCUT2D eigenvalue weighted by molar-refractivity contribution is 0.767. The Morgan fingerprint density at radius 2 is 1.84 bits per heavy atom. The van der Waals surface area contributed by atoms with E-state index >= 15 is 0 Å². The molecule has 3 aromatic rings. The Bertz CT molecular complexity index is 1080. The lowest BCUT2D eigenvalue weighted by Gasteiger charge is -2.24. The van der Waals surface area contributed by atoms with Crippen LogP contribution in [0.2, 0.25) is 0 Å². The van der Waals surface area contributed by atoms with Gasteiger partial charge in [-0.1, -0.05) is 37.1 Å². The molecule has 2 nitrogen and oxygen atoms in total. The molecule has 4 rings (SSSR count). The minimum atomic E-state index is 0.0586. The van der Waals surface area contributed by atoms with Gasteiger partial charge < -0.3 is 0 Å². The lowest BCUT2D eigenvalue weighted by Crippen LogP contribution is -2.26. The summed E-state index contributed by atoms with van der Waals surface area (Å²) in [6, 6.07) is 14.2. The number of para-hydroxylation sites is 1. The number of hydrogen-bond donors (Lipinski definition) is 0. The van der Waals surface area contributed by atoms with Crippen LogP contribution in [-0.4, -0.2) is 4.57 Å². The highest BCUT2D eigenvalue weighted by Gasteiger charge is 2.23. The van der Waals surface area contributed by atoms with Crippen LogP contribution in [0.1, 0.15) is 42.7 Å². The summed E-state index contributed by atoms with van der Waals surface area (Å²) in [4.78, 5) is 13.5. The number of hydrogen-bond acceptors (Lipinski definition) is 1. The Labute approximate surface area is 148 Å². The summed E-state index contributed by atoms with van der Waals surface area (Å²) in [5.41, 5.74) is 5.62. The van der Waals surface area contributed by atoms with Gasteiger partial charge in [0.05, 0.1) is 5.39 Å². The Morgan fingerprint density at radius 1 is 1.04 bits per heavy atom. The van der Waals surface area contributed by atoms with Crippen LogP contribution in [0.15, 0.2) is 47.3 Å². The van der Waals surface area contributed by atoms with E-state index in [1.54, 1.807) is 0 Å². The van der Waals surface area contributed by atoms with Crippen LogP contribution in [-0.2, 0) is 19.3 Å². The van der Waals surface area contributed by atoms with E-state index in [1.165, 1.54) is 16.5 Å². The van der Waals surface area contributed by atoms with Gasteiger partial charge in [-0.3, -0.25) is 9.36 Å². The largest absolute Gasteiger partial charge is 0.280 e. The summed E-state index contributed by atoms with van der Waals surface area (Å²) in [6.07, 6.45) is 4.06. The minimum absolute atomic E-state index is 0.0586. The normalized spacial score (nSPS) is 12.7. The number of pyridine rings is 1. The topological polar surface area (TPSA) is 22.0 Å². The SMILES string of the molecule is CC#Cc1ccc2c3c(c(CC)n(-c4ccccc4)c(=O)c13)CCC2. The van der Waals surface area contributed by atoms with Gasteiger partial charge >= 0.3 is 0 Å². The van der Waals surface area contributed by atoms with Crippen LogP contribution in [0.5, 0.6) is 0 Å². The molecule has 25 heavy (non-hydrogen) atoms. The molecule has 0 saturated carbocycles. The zero-order chi connectivity index (χ0) is 17.4.